The van der Waals surface area contributed by atoms with E-state index in [2.05, 4.69) is 11.2 Å². The van der Waals surface area contributed by atoms with Gasteiger partial charge in [0.2, 0.25) is 0 Å². The Morgan fingerprint density at radius 3 is 2.93 bits per heavy atom. The van der Waals surface area contributed by atoms with E-state index in [-0.39, 0.29) is 5.82 Å². The second-order valence-electron chi connectivity index (χ2n) is 2.99. The number of benzene rings is 1. The first-order valence-corrected chi connectivity index (χ1v) is 4.46. The molecule has 76 valence electrons. The molecule has 0 fully saturated rings. The van der Waals surface area contributed by atoms with Crippen molar-refractivity contribution in [3.05, 3.63) is 41.3 Å². The summed E-state index contributed by atoms with van der Waals surface area (Å²) in [6.45, 7) is 2.01. The number of nitrogens with one attached hydrogen (secondary N) is 1. The lowest BCUT2D eigenvalue weighted by atomic mass is 10.0. The molecule has 6 N–H and O–H groups in total. The van der Waals surface area contributed by atoms with Crippen LogP contribution in [0.2, 0.25) is 0 Å². The van der Waals surface area contributed by atoms with Crippen molar-refractivity contribution in [2.24, 2.45) is 5.84 Å². The number of hydrogen-bond acceptors (Lipinski definition) is 2. The molecule has 0 radical (unpaired) electrons. The molecule has 4 heteroatoms. The second-order valence-corrected chi connectivity index (χ2v) is 2.99. The fourth-order valence-corrected chi connectivity index (χ4v) is 1.33. The van der Waals surface area contributed by atoms with E-state index < -0.39 is 0 Å². The van der Waals surface area contributed by atoms with Crippen molar-refractivity contribution in [2.45, 2.75) is 13.3 Å². The number of hydrogen-bond donors (Lipinski definition) is 3. The summed E-state index contributed by atoms with van der Waals surface area (Å²) in [6, 6.07) is 4.68. The predicted octanol–water partition coefficient (Wildman–Crippen LogP) is 0.392. The third-order valence-corrected chi connectivity index (χ3v) is 2.06. The summed E-state index contributed by atoms with van der Waals surface area (Å²) in [5, 5.41) is 0. The number of nitrogens with two attached hydrogens (primary N) is 1. The minimum Gasteiger partial charge on any atom is -0.326 e. The highest BCUT2D eigenvalue weighted by atomic mass is 19.1. The van der Waals surface area contributed by atoms with Crippen LogP contribution in [0.5, 0.6) is 0 Å². The molecule has 0 unspecified atom stereocenters. The Hall–Kier alpha value is -1.39. The third-order valence-electron chi connectivity index (χ3n) is 2.06. The van der Waals surface area contributed by atoms with E-state index in [1.807, 2.05) is 6.92 Å². The highest BCUT2D eigenvalue weighted by Crippen LogP contribution is 2.16. The van der Waals surface area contributed by atoms with E-state index in [1.54, 1.807) is 12.3 Å². The van der Waals surface area contributed by atoms with Crippen molar-refractivity contribution >= 4 is 5.70 Å². The first-order valence-electron chi connectivity index (χ1n) is 4.46. The van der Waals surface area contributed by atoms with Gasteiger partial charge in [0, 0.05) is 5.56 Å². The van der Waals surface area contributed by atoms with Crippen LogP contribution in [0.15, 0.2) is 24.4 Å². The van der Waals surface area contributed by atoms with Gasteiger partial charge in [-0.25, -0.2) is 4.39 Å². The lowest BCUT2D eigenvalue weighted by Crippen LogP contribution is -2.47. The number of quaternary nitrogens is 1. The van der Waals surface area contributed by atoms with Gasteiger partial charge >= 0.3 is 0 Å². The molecule has 1 aromatic carbocycles. The molecule has 3 nitrogen and oxygen atoms in total. The molecule has 0 amide bonds. The highest BCUT2D eigenvalue weighted by Gasteiger charge is 2.07. The molecule has 0 spiro atoms. The Morgan fingerprint density at radius 2 is 2.36 bits per heavy atom. The van der Waals surface area contributed by atoms with E-state index in [1.165, 1.54) is 12.1 Å². The van der Waals surface area contributed by atoms with Gasteiger partial charge in [-0.3, -0.25) is 5.84 Å². The van der Waals surface area contributed by atoms with Crippen molar-refractivity contribution in [1.82, 2.24) is 5.43 Å². The molecule has 0 bridgehead atoms. The quantitative estimate of drug-likeness (QED) is 0.483. The Balaban J connectivity index is 3.16. The zero-order chi connectivity index (χ0) is 10.6. The van der Waals surface area contributed by atoms with Crippen LogP contribution in [0.25, 0.3) is 5.70 Å². The number of hydrazine groups is 1. The normalized spacial score (nSPS) is 11.6. The van der Waals surface area contributed by atoms with Gasteiger partial charge in [0.15, 0.2) is 5.70 Å². The topological polar surface area (TPSA) is 65.7 Å². The first kappa shape index (κ1) is 10.7. The fourth-order valence-electron chi connectivity index (χ4n) is 1.33. The molecule has 0 saturated carbocycles. The van der Waals surface area contributed by atoms with Crippen molar-refractivity contribution in [1.29, 1.82) is 0 Å². The van der Waals surface area contributed by atoms with E-state index in [4.69, 9.17) is 5.84 Å². The third kappa shape index (κ3) is 2.31. The van der Waals surface area contributed by atoms with Crippen LogP contribution >= 0.6 is 0 Å². The summed E-state index contributed by atoms with van der Waals surface area (Å²) in [6.07, 6.45) is 2.39. The van der Waals surface area contributed by atoms with Crippen molar-refractivity contribution in [2.75, 3.05) is 0 Å². The minimum atomic E-state index is -0.260. The van der Waals surface area contributed by atoms with Crippen molar-refractivity contribution < 1.29 is 10.1 Å². The SMILES string of the molecule is CCc1ccc(F)cc1C([NH3+])=CNN. The summed E-state index contributed by atoms with van der Waals surface area (Å²) in [5.41, 5.74) is 8.73. The molecular formula is C10H15FN3+. The Bertz CT molecular complexity index is 347. The molecule has 0 aliphatic heterocycles. The monoisotopic (exact) mass is 196 g/mol. The standard InChI is InChI=1S/C10H14FN3/c1-2-7-3-4-8(11)5-9(7)10(12)6-14-13/h3-6,14H,2,12-13H2,1H3/p+1. The summed E-state index contributed by atoms with van der Waals surface area (Å²) < 4.78 is 13.0. The average molecular weight is 196 g/mol. The van der Waals surface area contributed by atoms with Crippen LogP contribution in [0.4, 0.5) is 4.39 Å². The van der Waals surface area contributed by atoms with E-state index >= 15 is 0 Å². The van der Waals surface area contributed by atoms with Crippen LogP contribution in [-0.2, 0) is 6.42 Å². The van der Waals surface area contributed by atoms with Crippen LogP contribution in [0.1, 0.15) is 18.1 Å². The Labute approximate surface area is 82.6 Å². The number of rotatable bonds is 3. The van der Waals surface area contributed by atoms with E-state index in [0.29, 0.717) is 5.70 Å². The van der Waals surface area contributed by atoms with Gasteiger partial charge in [0.1, 0.15) is 5.82 Å². The number of halogens is 1. The van der Waals surface area contributed by atoms with Gasteiger partial charge in [0.25, 0.3) is 0 Å². The first-order chi connectivity index (χ1) is 6.69. The van der Waals surface area contributed by atoms with Crippen molar-refractivity contribution in [3.8, 4) is 0 Å². The average Bonchev–Trinajstić information content (AvgIpc) is 2.18. The molecule has 1 aromatic rings. The van der Waals surface area contributed by atoms with Gasteiger partial charge in [-0.15, -0.1) is 0 Å². The lowest BCUT2D eigenvalue weighted by molar-refractivity contribution is -0.244. The minimum absolute atomic E-state index is 0.260. The molecule has 0 aromatic heterocycles. The van der Waals surface area contributed by atoms with Gasteiger partial charge in [-0.05, 0) is 24.1 Å². The van der Waals surface area contributed by atoms with Crippen LogP contribution in [-0.4, -0.2) is 0 Å². The maximum Gasteiger partial charge on any atom is 0.152 e. The van der Waals surface area contributed by atoms with Crippen molar-refractivity contribution in [3.63, 3.8) is 0 Å². The fraction of sp³-hybridized carbons (Fsp3) is 0.200. The smallest absolute Gasteiger partial charge is 0.152 e. The van der Waals surface area contributed by atoms with Gasteiger partial charge in [0.05, 0.1) is 6.20 Å². The summed E-state index contributed by atoms with van der Waals surface area (Å²) in [5.74, 6) is 4.88. The molecule has 0 atom stereocenters. The van der Waals surface area contributed by atoms with Crippen LogP contribution < -0.4 is 17.0 Å². The molecule has 0 aliphatic carbocycles. The zero-order valence-electron chi connectivity index (χ0n) is 8.18. The highest BCUT2D eigenvalue weighted by molar-refractivity contribution is 5.60. The molecule has 0 heterocycles. The maximum atomic E-state index is 13.0. The largest absolute Gasteiger partial charge is 0.326 e. The second kappa shape index (κ2) is 4.74. The molecule has 1 rings (SSSR count). The lowest BCUT2D eigenvalue weighted by Gasteiger charge is -2.05. The van der Waals surface area contributed by atoms with Gasteiger partial charge in [-0.2, -0.15) is 0 Å². The molecule has 0 saturated heterocycles. The van der Waals surface area contributed by atoms with E-state index in [9.17, 15) is 4.39 Å². The summed E-state index contributed by atoms with van der Waals surface area (Å²) >= 11 is 0. The van der Waals surface area contributed by atoms with Crippen LogP contribution in [0.3, 0.4) is 0 Å². The molecule has 14 heavy (non-hydrogen) atoms. The zero-order valence-corrected chi connectivity index (χ0v) is 8.18. The Morgan fingerprint density at radius 1 is 1.64 bits per heavy atom. The van der Waals surface area contributed by atoms with Crippen LogP contribution in [0, 0.1) is 5.82 Å². The molecule has 0 aliphatic rings. The predicted molar refractivity (Wildman–Crippen MR) is 54.0 cm³/mol. The Kier molecular flexibility index (Phi) is 3.62. The van der Waals surface area contributed by atoms with Gasteiger partial charge < -0.3 is 11.2 Å². The summed E-state index contributed by atoms with van der Waals surface area (Å²) in [4.78, 5) is 0. The maximum absolute atomic E-state index is 13.0. The summed E-state index contributed by atoms with van der Waals surface area (Å²) in [7, 11) is 0. The van der Waals surface area contributed by atoms with E-state index in [0.717, 1.165) is 17.5 Å². The molecular weight excluding hydrogens is 181 g/mol. The van der Waals surface area contributed by atoms with Gasteiger partial charge in [-0.1, -0.05) is 13.0 Å². The number of aryl methyl sites for hydroxylation is 1.